The van der Waals surface area contributed by atoms with Crippen molar-refractivity contribution in [1.29, 1.82) is 0 Å². The van der Waals surface area contributed by atoms with Gasteiger partial charge in [-0.15, -0.1) is 0 Å². The normalized spacial score (nSPS) is 17.9. The number of nitrogens with one attached hydrogen (secondary N) is 1. The summed E-state index contributed by atoms with van der Waals surface area (Å²) in [5.74, 6) is 7.17. The van der Waals surface area contributed by atoms with E-state index >= 15 is 0 Å². The Labute approximate surface area is 213 Å². The number of benzene rings is 1. The van der Waals surface area contributed by atoms with Gasteiger partial charge in [0, 0.05) is 34.8 Å². The van der Waals surface area contributed by atoms with E-state index in [2.05, 4.69) is 27.1 Å². The summed E-state index contributed by atoms with van der Waals surface area (Å²) in [7, 11) is 0. The smallest absolute Gasteiger partial charge is 0.283 e. The summed E-state index contributed by atoms with van der Waals surface area (Å²) >= 11 is 5.89. The number of amides is 1. The van der Waals surface area contributed by atoms with Crippen LogP contribution in [0.1, 0.15) is 54.5 Å². The maximum Gasteiger partial charge on any atom is 0.283 e. The molecule has 0 saturated carbocycles. The molecule has 2 aliphatic heterocycles. The number of carbonyl (C=O) groups is 1. The lowest BCUT2D eigenvalue weighted by atomic mass is 9.78. The van der Waals surface area contributed by atoms with E-state index in [9.17, 15) is 4.79 Å². The number of nitrogens with two attached hydrogens (primary N) is 1. The van der Waals surface area contributed by atoms with E-state index < -0.39 is 5.54 Å². The molecule has 3 N–H and O–H groups in total. The molecule has 0 fully saturated rings. The molecule has 0 unspecified atom stereocenters. The van der Waals surface area contributed by atoms with E-state index in [1.54, 1.807) is 30.5 Å². The minimum Gasteiger partial charge on any atom is -0.465 e. The van der Waals surface area contributed by atoms with E-state index in [1.807, 2.05) is 32.9 Å². The molecule has 9 heteroatoms. The zero-order chi connectivity index (χ0) is 25.5. The van der Waals surface area contributed by atoms with Crippen LogP contribution in [0.15, 0.2) is 53.8 Å². The number of pyridine rings is 2. The number of nitrogens with zero attached hydrogens (tertiary/aromatic N) is 3. The maximum absolute atomic E-state index is 12.8. The van der Waals surface area contributed by atoms with E-state index in [4.69, 9.17) is 31.8 Å². The predicted octanol–water partition coefficient (Wildman–Crippen LogP) is 4.86. The highest BCUT2D eigenvalue weighted by molar-refractivity contribution is 6.30. The maximum atomic E-state index is 12.8. The van der Waals surface area contributed by atoms with Gasteiger partial charge in [-0.05, 0) is 63.1 Å². The Bertz CT molecular complexity index is 1450. The van der Waals surface area contributed by atoms with E-state index in [1.165, 1.54) is 6.20 Å². The molecule has 182 valence electrons. The second-order valence-corrected chi connectivity index (χ2v) is 10.0. The van der Waals surface area contributed by atoms with Gasteiger partial charge in [0.05, 0.1) is 17.8 Å². The van der Waals surface area contributed by atoms with Gasteiger partial charge in [-0.25, -0.2) is 15.0 Å². The lowest BCUT2D eigenvalue weighted by Gasteiger charge is -2.39. The Kier molecular flexibility index (Phi) is 5.81. The number of anilines is 1. The molecule has 1 amide bonds. The van der Waals surface area contributed by atoms with Crippen molar-refractivity contribution in [1.82, 2.24) is 9.97 Å². The van der Waals surface area contributed by atoms with Gasteiger partial charge in [0.1, 0.15) is 22.7 Å². The summed E-state index contributed by atoms with van der Waals surface area (Å²) < 4.78 is 11.7. The Morgan fingerprint density at radius 1 is 1.11 bits per heavy atom. The number of fused-ring (bicyclic) bond motifs is 4. The first-order chi connectivity index (χ1) is 17.1. The second kappa shape index (κ2) is 8.85. The number of hydrogen-bond acceptors (Lipinski definition) is 7. The van der Waals surface area contributed by atoms with Gasteiger partial charge in [-0.3, -0.25) is 4.79 Å². The van der Waals surface area contributed by atoms with Crippen LogP contribution in [0.5, 0.6) is 11.5 Å². The van der Waals surface area contributed by atoms with E-state index in [-0.39, 0.29) is 23.0 Å². The van der Waals surface area contributed by atoms with Crippen molar-refractivity contribution in [3.05, 3.63) is 76.3 Å². The zero-order valence-electron chi connectivity index (χ0n) is 20.1. The second-order valence-electron chi connectivity index (χ2n) is 9.60. The van der Waals surface area contributed by atoms with Gasteiger partial charge in [-0.1, -0.05) is 17.5 Å². The van der Waals surface area contributed by atoms with Crippen molar-refractivity contribution in [2.75, 3.05) is 11.9 Å². The highest BCUT2D eigenvalue weighted by Crippen LogP contribution is 2.52. The van der Waals surface area contributed by atoms with Crippen LogP contribution < -0.4 is 15.8 Å². The number of aromatic nitrogens is 2. The standard InChI is InChI=1S/C27H24ClN5O3/c1-26(2,3)9-8-17-12-20-23(15-30-17)36-22-7-5-18(32-24(34)21-6-4-16(28)14-31-21)13-19(22)27(20)10-11-35-25(29)33-27/h4-7,12-15H,10-11H2,1-3H3,(H2,29,33)(H,32,34)/t27-/m0/s1. The fourth-order valence-corrected chi connectivity index (χ4v) is 4.24. The minimum atomic E-state index is -0.883. The SMILES string of the molecule is CC(C)(C)C#Cc1cc2c(cn1)Oc1ccc(NC(=O)c3ccc(Cl)cn3)cc1[C@@]21CCOC(N)=N1. The summed E-state index contributed by atoms with van der Waals surface area (Å²) in [4.78, 5) is 26.1. The number of amidine groups is 1. The third-order valence-electron chi connectivity index (χ3n) is 5.76. The highest BCUT2D eigenvalue weighted by atomic mass is 35.5. The van der Waals surface area contributed by atoms with Gasteiger partial charge < -0.3 is 20.5 Å². The number of carbonyl (C=O) groups excluding carboxylic acids is 1. The number of halogens is 1. The van der Waals surface area contributed by atoms with Crippen LogP contribution in [0, 0.1) is 17.3 Å². The average Bonchev–Trinajstić information content (AvgIpc) is 2.83. The molecular weight excluding hydrogens is 478 g/mol. The van der Waals surface area contributed by atoms with Crippen LogP contribution in [0.3, 0.4) is 0 Å². The van der Waals surface area contributed by atoms with Gasteiger partial charge >= 0.3 is 0 Å². The fraction of sp³-hybridized carbons (Fsp3) is 0.259. The zero-order valence-corrected chi connectivity index (χ0v) is 20.8. The Morgan fingerprint density at radius 2 is 1.92 bits per heavy atom. The predicted molar refractivity (Wildman–Crippen MR) is 137 cm³/mol. The number of hydrogen-bond donors (Lipinski definition) is 2. The molecule has 8 nitrogen and oxygen atoms in total. The molecule has 1 spiro atoms. The lowest BCUT2D eigenvalue weighted by Crippen LogP contribution is -2.38. The van der Waals surface area contributed by atoms with Crippen LogP contribution >= 0.6 is 11.6 Å². The number of ether oxygens (including phenoxy) is 2. The van der Waals surface area contributed by atoms with Crippen molar-refractivity contribution in [3.8, 4) is 23.3 Å². The lowest BCUT2D eigenvalue weighted by molar-refractivity contribution is 0.102. The van der Waals surface area contributed by atoms with E-state index in [0.29, 0.717) is 40.9 Å². The third-order valence-corrected chi connectivity index (χ3v) is 5.98. The van der Waals surface area contributed by atoms with Crippen LogP contribution in [0.2, 0.25) is 5.02 Å². The first-order valence-electron chi connectivity index (χ1n) is 11.4. The first-order valence-corrected chi connectivity index (χ1v) is 11.8. The Morgan fingerprint density at radius 3 is 2.64 bits per heavy atom. The van der Waals surface area contributed by atoms with Crippen molar-refractivity contribution in [2.45, 2.75) is 32.7 Å². The van der Waals surface area contributed by atoms with Crippen LogP contribution in [-0.4, -0.2) is 28.5 Å². The summed E-state index contributed by atoms with van der Waals surface area (Å²) in [6.07, 6.45) is 3.61. The molecule has 5 rings (SSSR count). The quantitative estimate of drug-likeness (QED) is 0.485. The van der Waals surface area contributed by atoms with Gasteiger partial charge in [0.2, 0.25) is 0 Å². The van der Waals surface area contributed by atoms with Crippen molar-refractivity contribution in [2.24, 2.45) is 16.1 Å². The van der Waals surface area contributed by atoms with Crippen molar-refractivity contribution >= 4 is 29.2 Å². The molecule has 36 heavy (non-hydrogen) atoms. The summed E-state index contributed by atoms with van der Waals surface area (Å²) in [5.41, 5.74) is 7.96. The molecule has 0 bridgehead atoms. The van der Waals surface area contributed by atoms with Gasteiger partial charge in [0.15, 0.2) is 5.75 Å². The topological polar surface area (TPSA) is 112 Å². The number of aliphatic imine (C=N–C) groups is 1. The highest BCUT2D eigenvalue weighted by Gasteiger charge is 2.45. The first kappa shape index (κ1) is 23.6. The fourth-order valence-electron chi connectivity index (χ4n) is 4.13. The third kappa shape index (κ3) is 4.58. The monoisotopic (exact) mass is 501 g/mol. The van der Waals surface area contributed by atoms with Crippen molar-refractivity contribution < 1.29 is 14.3 Å². The summed E-state index contributed by atoms with van der Waals surface area (Å²) in [6, 6.07) is 10.5. The van der Waals surface area contributed by atoms with Crippen LogP contribution in [0.4, 0.5) is 5.69 Å². The Hall–Kier alpha value is -4.09. The van der Waals surface area contributed by atoms with Crippen LogP contribution in [0.25, 0.3) is 0 Å². The van der Waals surface area contributed by atoms with E-state index in [0.717, 1.165) is 11.1 Å². The molecule has 0 saturated heterocycles. The summed E-state index contributed by atoms with van der Waals surface area (Å²) in [5, 5.41) is 3.34. The molecule has 1 aromatic carbocycles. The molecule has 1 atom stereocenters. The molecule has 0 aliphatic carbocycles. The molecular formula is C27H24ClN5O3. The van der Waals surface area contributed by atoms with Gasteiger partial charge in [-0.2, -0.15) is 0 Å². The minimum absolute atomic E-state index is 0.0824. The average molecular weight is 502 g/mol. The van der Waals surface area contributed by atoms with Crippen molar-refractivity contribution in [3.63, 3.8) is 0 Å². The summed E-state index contributed by atoms with van der Waals surface area (Å²) in [6.45, 7) is 6.49. The largest absolute Gasteiger partial charge is 0.465 e. The Balaban J connectivity index is 1.58. The molecule has 4 heterocycles. The molecule has 3 aromatic rings. The molecule has 0 radical (unpaired) electrons. The number of rotatable bonds is 2. The molecule has 2 aromatic heterocycles. The van der Waals surface area contributed by atoms with Crippen LogP contribution in [-0.2, 0) is 10.3 Å². The molecule has 2 aliphatic rings. The van der Waals surface area contributed by atoms with Gasteiger partial charge in [0.25, 0.3) is 11.9 Å².